The van der Waals surface area contributed by atoms with Gasteiger partial charge in [0, 0.05) is 24.7 Å². The van der Waals surface area contributed by atoms with Gasteiger partial charge < -0.3 is 20.7 Å². The van der Waals surface area contributed by atoms with E-state index in [9.17, 15) is 9.59 Å². The number of carbonyl (C=O) groups is 2. The Bertz CT molecular complexity index is 498. The number of hydrogen-bond acceptors (Lipinski definition) is 3. The van der Waals surface area contributed by atoms with Crippen molar-refractivity contribution in [2.45, 2.75) is 32.9 Å². The van der Waals surface area contributed by atoms with Gasteiger partial charge in [-0.3, -0.25) is 0 Å². The van der Waals surface area contributed by atoms with Crippen molar-refractivity contribution >= 4 is 23.7 Å². The van der Waals surface area contributed by atoms with Gasteiger partial charge in [0.25, 0.3) is 0 Å². The Morgan fingerprint density at radius 2 is 1.64 bits per heavy atom. The monoisotopic (exact) mass is 327 g/mol. The van der Waals surface area contributed by atoms with Gasteiger partial charge in [-0.1, -0.05) is 23.7 Å². The largest absolute Gasteiger partial charge is 0.444 e. The zero-order valence-electron chi connectivity index (χ0n) is 13.0. The minimum absolute atomic E-state index is 0.295. The first-order valence-electron chi connectivity index (χ1n) is 6.99. The van der Waals surface area contributed by atoms with Crippen LogP contribution in [0.1, 0.15) is 26.3 Å². The second kappa shape index (κ2) is 8.48. The molecule has 0 aromatic heterocycles. The average Bonchev–Trinajstić information content (AvgIpc) is 2.41. The molecule has 0 saturated carbocycles. The number of hydrogen-bond donors (Lipinski definition) is 3. The fourth-order valence-corrected chi connectivity index (χ4v) is 1.63. The third-order valence-corrected chi connectivity index (χ3v) is 2.70. The summed E-state index contributed by atoms with van der Waals surface area (Å²) in [6.07, 6.45) is -0.504. The SMILES string of the molecule is CC(C)(C)OC(=O)NCCNC(=O)NCc1ccc(Cl)cc1. The number of urea groups is 1. The molecule has 3 N–H and O–H groups in total. The van der Waals surface area contributed by atoms with E-state index in [1.165, 1.54) is 0 Å². The number of ether oxygens (including phenoxy) is 1. The summed E-state index contributed by atoms with van der Waals surface area (Å²) in [7, 11) is 0. The molecule has 1 rings (SSSR count). The van der Waals surface area contributed by atoms with Gasteiger partial charge in [0.05, 0.1) is 0 Å². The van der Waals surface area contributed by atoms with E-state index >= 15 is 0 Å². The maximum absolute atomic E-state index is 11.6. The molecule has 0 fully saturated rings. The zero-order chi connectivity index (χ0) is 16.6. The van der Waals surface area contributed by atoms with Gasteiger partial charge in [-0.15, -0.1) is 0 Å². The van der Waals surface area contributed by atoms with Gasteiger partial charge in [-0.25, -0.2) is 9.59 Å². The minimum atomic E-state index is -0.534. The van der Waals surface area contributed by atoms with Crippen LogP contribution in [0.25, 0.3) is 0 Å². The van der Waals surface area contributed by atoms with Crippen molar-refractivity contribution < 1.29 is 14.3 Å². The number of nitrogens with one attached hydrogen (secondary N) is 3. The molecule has 22 heavy (non-hydrogen) atoms. The summed E-state index contributed by atoms with van der Waals surface area (Å²) in [6.45, 7) is 6.37. The van der Waals surface area contributed by atoms with E-state index in [1.807, 2.05) is 12.1 Å². The van der Waals surface area contributed by atoms with Crippen LogP contribution in [0.2, 0.25) is 5.02 Å². The molecule has 1 aromatic carbocycles. The lowest BCUT2D eigenvalue weighted by molar-refractivity contribution is 0.0528. The average molecular weight is 328 g/mol. The number of rotatable bonds is 5. The lowest BCUT2D eigenvalue weighted by Gasteiger charge is -2.19. The van der Waals surface area contributed by atoms with Gasteiger partial charge in [0.15, 0.2) is 0 Å². The highest BCUT2D eigenvalue weighted by Gasteiger charge is 2.15. The van der Waals surface area contributed by atoms with Crippen molar-refractivity contribution in [3.05, 3.63) is 34.9 Å². The molecule has 6 nitrogen and oxygen atoms in total. The molecule has 0 aliphatic rings. The van der Waals surface area contributed by atoms with Gasteiger partial charge in [0.2, 0.25) is 0 Å². The molecular weight excluding hydrogens is 306 g/mol. The number of amides is 3. The molecule has 0 bridgehead atoms. The Morgan fingerprint density at radius 3 is 2.23 bits per heavy atom. The lowest BCUT2D eigenvalue weighted by Crippen LogP contribution is -2.41. The van der Waals surface area contributed by atoms with Crippen LogP contribution in [0.5, 0.6) is 0 Å². The Kier molecular flexibility index (Phi) is 6.98. The first kappa shape index (κ1) is 18.1. The van der Waals surface area contributed by atoms with Crippen LogP contribution in [0.3, 0.4) is 0 Å². The van der Waals surface area contributed by atoms with Crippen LogP contribution < -0.4 is 16.0 Å². The van der Waals surface area contributed by atoms with E-state index < -0.39 is 11.7 Å². The fourth-order valence-electron chi connectivity index (χ4n) is 1.50. The van der Waals surface area contributed by atoms with Crippen molar-refractivity contribution in [3.63, 3.8) is 0 Å². The van der Waals surface area contributed by atoms with Crippen LogP contribution in [-0.4, -0.2) is 30.8 Å². The maximum atomic E-state index is 11.6. The molecule has 122 valence electrons. The summed E-state index contributed by atoms with van der Waals surface area (Å²) < 4.78 is 5.07. The highest BCUT2D eigenvalue weighted by molar-refractivity contribution is 6.30. The molecule has 0 unspecified atom stereocenters. The maximum Gasteiger partial charge on any atom is 0.407 e. The summed E-state index contributed by atoms with van der Waals surface area (Å²) in [5.74, 6) is 0. The van der Waals surface area contributed by atoms with E-state index in [4.69, 9.17) is 16.3 Å². The standard InChI is InChI=1S/C15H22ClN3O3/c1-15(2,3)22-14(21)18-9-8-17-13(20)19-10-11-4-6-12(16)7-5-11/h4-7H,8-10H2,1-3H3,(H,18,21)(H2,17,19,20). The normalized spacial score (nSPS) is 10.7. The van der Waals surface area contributed by atoms with Crippen LogP contribution >= 0.6 is 11.6 Å². The molecule has 0 saturated heterocycles. The molecular formula is C15H22ClN3O3. The Hall–Kier alpha value is -1.95. The van der Waals surface area contributed by atoms with Crippen LogP contribution in [0.15, 0.2) is 24.3 Å². The quantitative estimate of drug-likeness (QED) is 0.727. The van der Waals surface area contributed by atoms with Crippen molar-refractivity contribution in [3.8, 4) is 0 Å². The predicted octanol–water partition coefficient (Wildman–Crippen LogP) is 2.66. The van der Waals surface area contributed by atoms with Gasteiger partial charge in [-0.05, 0) is 38.5 Å². The Labute approximate surface area is 135 Å². The summed E-state index contributed by atoms with van der Waals surface area (Å²) in [4.78, 5) is 22.9. The third-order valence-electron chi connectivity index (χ3n) is 2.45. The van der Waals surface area contributed by atoms with E-state index in [2.05, 4.69) is 16.0 Å². The van der Waals surface area contributed by atoms with Crippen molar-refractivity contribution in [1.82, 2.24) is 16.0 Å². The summed E-state index contributed by atoms with van der Waals surface area (Å²) in [5.41, 5.74) is 0.416. The first-order valence-corrected chi connectivity index (χ1v) is 7.37. The van der Waals surface area contributed by atoms with Gasteiger partial charge >= 0.3 is 12.1 Å². The van der Waals surface area contributed by atoms with Crippen LogP contribution in [-0.2, 0) is 11.3 Å². The van der Waals surface area contributed by atoms with E-state index in [1.54, 1.807) is 32.9 Å². The molecule has 0 heterocycles. The van der Waals surface area contributed by atoms with Crippen LogP contribution in [0.4, 0.5) is 9.59 Å². The number of halogens is 1. The Morgan fingerprint density at radius 1 is 1.05 bits per heavy atom. The van der Waals surface area contributed by atoms with Crippen molar-refractivity contribution in [2.24, 2.45) is 0 Å². The second-order valence-corrected chi connectivity index (χ2v) is 6.10. The number of carbonyl (C=O) groups excluding carboxylic acids is 2. The lowest BCUT2D eigenvalue weighted by atomic mass is 10.2. The molecule has 3 amide bonds. The molecule has 0 spiro atoms. The minimum Gasteiger partial charge on any atom is -0.444 e. The fraction of sp³-hybridized carbons (Fsp3) is 0.467. The first-order chi connectivity index (χ1) is 10.3. The smallest absolute Gasteiger partial charge is 0.407 e. The molecule has 0 aliphatic heterocycles. The number of alkyl carbamates (subject to hydrolysis) is 1. The topological polar surface area (TPSA) is 79.5 Å². The van der Waals surface area contributed by atoms with Crippen LogP contribution in [0, 0.1) is 0 Å². The second-order valence-electron chi connectivity index (χ2n) is 5.66. The van der Waals surface area contributed by atoms with Gasteiger partial charge in [-0.2, -0.15) is 0 Å². The molecule has 7 heteroatoms. The van der Waals surface area contributed by atoms with E-state index in [-0.39, 0.29) is 6.03 Å². The predicted molar refractivity (Wildman–Crippen MR) is 85.9 cm³/mol. The highest BCUT2D eigenvalue weighted by Crippen LogP contribution is 2.09. The molecule has 0 atom stereocenters. The zero-order valence-corrected chi connectivity index (χ0v) is 13.8. The van der Waals surface area contributed by atoms with Crippen molar-refractivity contribution in [2.75, 3.05) is 13.1 Å². The van der Waals surface area contributed by atoms with E-state index in [0.717, 1.165) is 5.56 Å². The van der Waals surface area contributed by atoms with E-state index in [0.29, 0.717) is 24.7 Å². The van der Waals surface area contributed by atoms with Crippen molar-refractivity contribution in [1.29, 1.82) is 0 Å². The summed E-state index contributed by atoms with van der Waals surface area (Å²) in [6, 6.07) is 6.91. The number of benzene rings is 1. The Balaban J connectivity index is 2.13. The summed E-state index contributed by atoms with van der Waals surface area (Å²) in [5, 5.41) is 8.55. The third kappa shape index (κ3) is 8.36. The molecule has 1 aromatic rings. The highest BCUT2D eigenvalue weighted by atomic mass is 35.5. The van der Waals surface area contributed by atoms with Gasteiger partial charge in [0.1, 0.15) is 5.60 Å². The molecule has 0 aliphatic carbocycles. The summed E-state index contributed by atoms with van der Waals surface area (Å²) >= 11 is 5.78. The molecule has 0 radical (unpaired) electrons.